The molecule has 0 amide bonds. The van der Waals surface area contributed by atoms with Gasteiger partial charge in [-0.05, 0) is 12.1 Å². The summed E-state index contributed by atoms with van der Waals surface area (Å²) in [5.41, 5.74) is 1.36. The van der Waals surface area contributed by atoms with Crippen LogP contribution in [-0.2, 0) is 6.42 Å². The molecule has 0 unspecified atom stereocenters. The summed E-state index contributed by atoms with van der Waals surface area (Å²) < 4.78 is 1.20. The molecule has 1 aromatic rings. The molecule has 0 aromatic carbocycles. The smallest absolute Gasteiger partial charge is 0.259 e. The highest BCUT2D eigenvalue weighted by Gasteiger charge is 2.23. The first-order valence-electron chi connectivity index (χ1n) is 3.92. The van der Waals surface area contributed by atoms with Crippen molar-refractivity contribution in [3.63, 3.8) is 0 Å². The minimum atomic E-state index is -0.451. The summed E-state index contributed by atoms with van der Waals surface area (Å²) in [6.07, 6.45) is 3.10. The summed E-state index contributed by atoms with van der Waals surface area (Å²) in [4.78, 5) is 14.1. The zero-order chi connectivity index (χ0) is 10.1. The van der Waals surface area contributed by atoms with Gasteiger partial charge in [-0.2, -0.15) is 0 Å². The molecular weight excluding hydrogens is 206 g/mol. The molecule has 2 rings (SSSR count). The number of fused-ring (bicyclic) bond motifs is 1. The molecule has 1 aliphatic rings. The van der Waals surface area contributed by atoms with Crippen molar-refractivity contribution in [3.05, 3.63) is 46.0 Å². The SMILES string of the molecule is O=[N+]([O-])C1=CN(Cl)c2cccnc2C1. The summed E-state index contributed by atoms with van der Waals surface area (Å²) in [5.74, 6) is 0. The normalized spacial score (nSPS) is 14.6. The molecule has 1 aliphatic heterocycles. The summed E-state index contributed by atoms with van der Waals surface area (Å²) >= 11 is 5.80. The lowest BCUT2D eigenvalue weighted by molar-refractivity contribution is -0.427. The van der Waals surface area contributed by atoms with Gasteiger partial charge in [-0.3, -0.25) is 19.5 Å². The standard InChI is InChI=1S/C8H6ClN3O2/c9-11-5-6(12(13)14)4-7-8(11)2-1-3-10-7/h1-3,5H,4H2. The number of pyridine rings is 1. The van der Waals surface area contributed by atoms with Crippen molar-refractivity contribution in [1.82, 2.24) is 4.98 Å². The third-order valence-corrected chi connectivity index (χ3v) is 2.22. The van der Waals surface area contributed by atoms with Crippen LogP contribution in [0.1, 0.15) is 5.69 Å². The Hall–Kier alpha value is -1.62. The summed E-state index contributed by atoms with van der Waals surface area (Å²) in [6, 6.07) is 3.50. The first-order valence-corrected chi connectivity index (χ1v) is 4.26. The van der Waals surface area contributed by atoms with Crippen molar-refractivity contribution in [2.75, 3.05) is 4.42 Å². The summed E-state index contributed by atoms with van der Waals surface area (Å²) in [5, 5.41) is 10.5. The number of anilines is 1. The van der Waals surface area contributed by atoms with Gasteiger partial charge < -0.3 is 0 Å². The van der Waals surface area contributed by atoms with E-state index in [9.17, 15) is 10.1 Å². The minimum Gasteiger partial charge on any atom is -0.259 e. The Balaban J connectivity index is 2.42. The van der Waals surface area contributed by atoms with Gasteiger partial charge in [-0.1, -0.05) is 0 Å². The number of rotatable bonds is 1. The average molecular weight is 212 g/mol. The number of halogens is 1. The molecule has 2 heterocycles. The molecule has 0 bridgehead atoms. The Bertz CT molecular complexity index is 419. The molecule has 0 fully saturated rings. The lowest BCUT2D eigenvalue weighted by Gasteiger charge is -2.17. The summed E-state index contributed by atoms with van der Waals surface area (Å²) in [6.45, 7) is 0. The van der Waals surface area contributed by atoms with E-state index in [4.69, 9.17) is 11.8 Å². The molecule has 0 N–H and O–H groups in total. The Kier molecular flexibility index (Phi) is 2.09. The predicted molar refractivity (Wildman–Crippen MR) is 51.4 cm³/mol. The quantitative estimate of drug-likeness (QED) is 0.403. The molecule has 6 heteroatoms. The Labute approximate surface area is 84.9 Å². The van der Waals surface area contributed by atoms with E-state index in [-0.39, 0.29) is 12.1 Å². The van der Waals surface area contributed by atoms with Crippen LogP contribution >= 0.6 is 11.8 Å². The van der Waals surface area contributed by atoms with Crippen molar-refractivity contribution in [2.45, 2.75) is 6.42 Å². The zero-order valence-electron chi connectivity index (χ0n) is 7.05. The van der Waals surface area contributed by atoms with Gasteiger partial charge in [-0.25, -0.2) is 0 Å². The lowest BCUT2D eigenvalue weighted by Crippen LogP contribution is -2.17. The predicted octanol–water partition coefficient (Wildman–Crippen LogP) is 1.72. The van der Waals surface area contributed by atoms with Crippen LogP contribution in [0.15, 0.2) is 30.2 Å². The number of allylic oxidation sites excluding steroid dienone is 1. The van der Waals surface area contributed by atoms with E-state index in [1.165, 1.54) is 10.6 Å². The maximum absolute atomic E-state index is 10.5. The van der Waals surface area contributed by atoms with Gasteiger partial charge in [0.25, 0.3) is 5.70 Å². The minimum absolute atomic E-state index is 0.0474. The van der Waals surface area contributed by atoms with Crippen LogP contribution in [0.4, 0.5) is 5.69 Å². The molecule has 0 saturated heterocycles. The van der Waals surface area contributed by atoms with E-state index < -0.39 is 4.92 Å². The van der Waals surface area contributed by atoms with Crippen molar-refractivity contribution in [3.8, 4) is 0 Å². The second-order valence-electron chi connectivity index (χ2n) is 2.83. The monoisotopic (exact) mass is 211 g/mol. The molecule has 5 nitrogen and oxygen atoms in total. The van der Waals surface area contributed by atoms with Crippen molar-refractivity contribution in [1.29, 1.82) is 0 Å². The maximum atomic E-state index is 10.5. The highest BCUT2D eigenvalue weighted by Crippen LogP contribution is 2.28. The second kappa shape index (κ2) is 3.26. The largest absolute Gasteiger partial charge is 0.269 e. The van der Waals surface area contributed by atoms with E-state index in [0.29, 0.717) is 11.4 Å². The lowest BCUT2D eigenvalue weighted by atomic mass is 10.1. The van der Waals surface area contributed by atoms with Crippen LogP contribution < -0.4 is 4.42 Å². The molecule has 0 saturated carbocycles. The van der Waals surface area contributed by atoms with Crippen LogP contribution in [0.5, 0.6) is 0 Å². The zero-order valence-corrected chi connectivity index (χ0v) is 7.81. The van der Waals surface area contributed by atoms with Crippen LogP contribution in [0.2, 0.25) is 0 Å². The summed E-state index contributed by atoms with van der Waals surface area (Å²) in [7, 11) is 0. The molecule has 1 aromatic heterocycles. The van der Waals surface area contributed by atoms with Gasteiger partial charge in [0.1, 0.15) is 0 Å². The fourth-order valence-electron chi connectivity index (χ4n) is 1.29. The first kappa shape index (κ1) is 8.96. The highest BCUT2D eigenvalue weighted by molar-refractivity contribution is 6.27. The number of aromatic nitrogens is 1. The third kappa shape index (κ3) is 1.42. The van der Waals surface area contributed by atoms with Crippen LogP contribution in [0.25, 0.3) is 0 Å². The third-order valence-electron chi connectivity index (χ3n) is 1.94. The Morgan fingerprint density at radius 3 is 3.14 bits per heavy atom. The fraction of sp³-hybridized carbons (Fsp3) is 0.125. The van der Waals surface area contributed by atoms with Crippen LogP contribution in [-0.4, -0.2) is 9.91 Å². The molecule has 0 aliphatic carbocycles. The van der Waals surface area contributed by atoms with Gasteiger partial charge in [0.2, 0.25) is 0 Å². The molecule has 0 atom stereocenters. The maximum Gasteiger partial charge on any atom is 0.269 e. The van der Waals surface area contributed by atoms with Gasteiger partial charge in [0.15, 0.2) is 0 Å². The van der Waals surface area contributed by atoms with Gasteiger partial charge in [0, 0.05) is 18.0 Å². The van der Waals surface area contributed by atoms with E-state index in [2.05, 4.69) is 4.98 Å². The molecule has 14 heavy (non-hydrogen) atoms. The Morgan fingerprint density at radius 2 is 2.43 bits per heavy atom. The van der Waals surface area contributed by atoms with Crippen molar-refractivity contribution < 1.29 is 4.92 Å². The molecular formula is C8H6ClN3O2. The highest BCUT2D eigenvalue weighted by atomic mass is 35.5. The number of nitrogens with zero attached hydrogens (tertiary/aromatic N) is 3. The van der Waals surface area contributed by atoms with Gasteiger partial charge in [0.05, 0.1) is 28.9 Å². The van der Waals surface area contributed by atoms with Gasteiger partial charge in [-0.15, -0.1) is 0 Å². The first-order chi connectivity index (χ1) is 6.68. The van der Waals surface area contributed by atoms with Gasteiger partial charge >= 0.3 is 0 Å². The van der Waals surface area contributed by atoms with Crippen molar-refractivity contribution in [2.24, 2.45) is 0 Å². The van der Waals surface area contributed by atoms with Crippen LogP contribution in [0, 0.1) is 10.1 Å². The number of hydrogen-bond donors (Lipinski definition) is 0. The van der Waals surface area contributed by atoms with Crippen molar-refractivity contribution >= 4 is 17.5 Å². The second-order valence-corrected chi connectivity index (χ2v) is 3.20. The number of nitro groups is 1. The molecule has 0 spiro atoms. The Morgan fingerprint density at radius 1 is 1.64 bits per heavy atom. The van der Waals surface area contributed by atoms with E-state index in [1.807, 2.05) is 0 Å². The molecule has 72 valence electrons. The van der Waals surface area contributed by atoms with E-state index in [1.54, 1.807) is 18.3 Å². The van der Waals surface area contributed by atoms with E-state index in [0.717, 1.165) is 0 Å². The average Bonchev–Trinajstić information content (AvgIpc) is 2.17. The number of hydrogen-bond acceptors (Lipinski definition) is 4. The topological polar surface area (TPSA) is 59.3 Å². The van der Waals surface area contributed by atoms with E-state index >= 15 is 0 Å². The fourth-order valence-corrected chi connectivity index (χ4v) is 1.56. The van der Waals surface area contributed by atoms with Crippen LogP contribution in [0.3, 0.4) is 0 Å². The molecule has 0 radical (unpaired) electrons.